The van der Waals surface area contributed by atoms with Crippen molar-refractivity contribution in [2.45, 2.75) is 45.6 Å². The third kappa shape index (κ3) is 7.67. The van der Waals surface area contributed by atoms with Crippen LogP contribution in [0.1, 0.15) is 48.4 Å². The van der Waals surface area contributed by atoms with Crippen molar-refractivity contribution in [3.8, 4) is 17.2 Å². The number of benzene rings is 3. The molecule has 1 aliphatic carbocycles. The van der Waals surface area contributed by atoms with E-state index in [1.54, 1.807) is 25.3 Å². The van der Waals surface area contributed by atoms with Crippen LogP contribution >= 0.6 is 0 Å². The van der Waals surface area contributed by atoms with Gasteiger partial charge in [0.25, 0.3) is 0 Å². The van der Waals surface area contributed by atoms with Gasteiger partial charge in [-0.15, -0.1) is 0 Å². The maximum Gasteiger partial charge on any atom is 0.165 e. The van der Waals surface area contributed by atoms with Crippen LogP contribution in [0.3, 0.4) is 0 Å². The topological polar surface area (TPSA) is 54.4 Å². The lowest BCUT2D eigenvalue weighted by Gasteiger charge is -2.32. The second-order valence-corrected chi connectivity index (χ2v) is 10.4. The SMILES string of the molecule is CCOCCN(C)CCOc1ccc(CN(CC)c2cc(OC)ccc2[C@@H]2CCc3cc(O)ccc3C2)cc1F. The van der Waals surface area contributed by atoms with E-state index in [9.17, 15) is 5.11 Å². The van der Waals surface area contributed by atoms with Crippen molar-refractivity contribution in [1.29, 1.82) is 0 Å². The molecule has 0 fully saturated rings. The van der Waals surface area contributed by atoms with E-state index < -0.39 is 0 Å². The molecule has 0 spiro atoms. The molecule has 1 atom stereocenters. The molecule has 0 saturated heterocycles. The van der Waals surface area contributed by atoms with Gasteiger partial charge in [-0.05, 0) is 98.7 Å². The van der Waals surface area contributed by atoms with Crippen LogP contribution in [-0.4, -0.2) is 63.6 Å². The summed E-state index contributed by atoms with van der Waals surface area (Å²) >= 11 is 0. The van der Waals surface area contributed by atoms with Crippen LogP contribution in [0.25, 0.3) is 0 Å². The molecule has 7 heteroatoms. The lowest BCUT2D eigenvalue weighted by atomic mass is 9.79. The summed E-state index contributed by atoms with van der Waals surface area (Å²) in [6.07, 6.45) is 2.86. The number of halogens is 1. The Kier molecular flexibility index (Phi) is 10.7. The standard InChI is InChI=1S/C33H43FN2O4/c1-5-36(23-24-7-14-33(31(34)19-24)40-18-16-35(3)15-17-39-6-2)32-22-29(38-4)12-13-30(32)27-9-8-26-21-28(37)11-10-25(26)20-27/h7,10-14,19,21-22,27,37H,5-6,8-9,15-18,20,23H2,1-4H3/t27-/m1/s1. The summed E-state index contributed by atoms with van der Waals surface area (Å²) in [7, 11) is 3.69. The number of hydrogen-bond donors (Lipinski definition) is 1. The predicted octanol–water partition coefficient (Wildman–Crippen LogP) is 6.19. The molecule has 0 aromatic heterocycles. The minimum Gasteiger partial charge on any atom is -0.508 e. The molecule has 1 aliphatic rings. The molecule has 0 saturated carbocycles. The smallest absolute Gasteiger partial charge is 0.165 e. The Labute approximate surface area is 238 Å². The number of likely N-dealkylation sites (N-methyl/N-ethyl adjacent to an activating group) is 1. The molecule has 0 unspecified atom stereocenters. The minimum absolute atomic E-state index is 0.277. The zero-order valence-corrected chi connectivity index (χ0v) is 24.3. The maximum absolute atomic E-state index is 15.0. The zero-order valence-electron chi connectivity index (χ0n) is 24.3. The highest BCUT2D eigenvalue weighted by Crippen LogP contribution is 2.40. The fraction of sp³-hybridized carbons (Fsp3) is 0.455. The second kappa shape index (κ2) is 14.4. The van der Waals surface area contributed by atoms with Crippen LogP contribution in [0.5, 0.6) is 17.2 Å². The van der Waals surface area contributed by atoms with Crippen LogP contribution in [0.15, 0.2) is 54.6 Å². The number of nitrogens with zero attached hydrogens (tertiary/aromatic N) is 2. The number of aryl methyl sites for hydroxylation is 1. The molecule has 0 aliphatic heterocycles. The molecule has 0 radical (unpaired) electrons. The average molecular weight is 551 g/mol. The van der Waals surface area contributed by atoms with Gasteiger partial charge in [-0.1, -0.05) is 18.2 Å². The molecular weight excluding hydrogens is 507 g/mol. The number of phenols is 1. The maximum atomic E-state index is 15.0. The lowest BCUT2D eigenvalue weighted by molar-refractivity contribution is 0.116. The summed E-state index contributed by atoms with van der Waals surface area (Å²) in [4.78, 5) is 4.40. The molecule has 3 aromatic rings. The molecule has 0 bridgehead atoms. The monoisotopic (exact) mass is 550 g/mol. The Balaban J connectivity index is 1.46. The first kappa shape index (κ1) is 29.7. The molecule has 4 rings (SSSR count). The van der Waals surface area contributed by atoms with E-state index in [2.05, 4.69) is 28.9 Å². The summed E-state index contributed by atoms with van der Waals surface area (Å²) in [6, 6.07) is 17.3. The minimum atomic E-state index is -0.344. The quantitative estimate of drug-likeness (QED) is 0.242. The van der Waals surface area contributed by atoms with E-state index in [4.69, 9.17) is 14.2 Å². The third-order valence-corrected chi connectivity index (χ3v) is 7.74. The van der Waals surface area contributed by atoms with E-state index in [0.29, 0.717) is 44.6 Å². The summed E-state index contributed by atoms with van der Waals surface area (Å²) < 4.78 is 31.7. The van der Waals surface area contributed by atoms with E-state index in [1.807, 2.05) is 38.2 Å². The Morgan fingerprint density at radius 3 is 2.55 bits per heavy atom. The van der Waals surface area contributed by atoms with Gasteiger partial charge in [0.05, 0.1) is 13.7 Å². The Hall–Kier alpha value is -3.29. The first-order chi connectivity index (χ1) is 19.4. The molecule has 1 N–H and O–H groups in total. The van der Waals surface area contributed by atoms with Gasteiger partial charge in [0.2, 0.25) is 0 Å². The van der Waals surface area contributed by atoms with Crippen molar-refractivity contribution in [3.05, 3.63) is 82.7 Å². The van der Waals surface area contributed by atoms with Crippen LogP contribution in [0.4, 0.5) is 10.1 Å². The molecule has 3 aromatic carbocycles. The fourth-order valence-electron chi connectivity index (χ4n) is 5.41. The normalized spacial score (nSPS) is 14.7. The average Bonchev–Trinajstić information content (AvgIpc) is 2.96. The number of rotatable bonds is 14. The van der Waals surface area contributed by atoms with Crippen molar-refractivity contribution in [1.82, 2.24) is 4.90 Å². The molecular formula is C33H43FN2O4. The summed E-state index contributed by atoms with van der Waals surface area (Å²) in [5, 5.41) is 9.89. The summed E-state index contributed by atoms with van der Waals surface area (Å²) in [5.74, 6) is 1.42. The molecule has 0 heterocycles. The van der Waals surface area contributed by atoms with Gasteiger partial charge in [0.1, 0.15) is 18.1 Å². The van der Waals surface area contributed by atoms with Gasteiger partial charge in [-0.3, -0.25) is 0 Å². The Bertz CT molecular complexity index is 1250. The molecule has 0 amide bonds. The largest absolute Gasteiger partial charge is 0.508 e. The number of hydrogen-bond acceptors (Lipinski definition) is 6. The van der Waals surface area contributed by atoms with Crippen LogP contribution in [0, 0.1) is 5.82 Å². The highest BCUT2D eigenvalue weighted by Gasteiger charge is 2.25. The first-order valence-electron chi connectivity index (χ1n) is 14.3. The first-order valence-corrected chi connectivity index (χ1v) is 14.3. The van der Waals surface area contributed by atoms with Crippen LogP contribution in [-0.2, 0) is 24.1 Å². The lowest BCUT2D eigenvalue weighted by Crippen LogP contribution is -2.28. The third-order valence-electron chi connectivity index (χ3n) is 7.74. The predicted molar refractivity (Wildman–Crippen MR) is 158 cm³/mol. The summed E-state index contributed by atoms with van der Waals surface area (Å²) in [5.41, 5.74) is 5.80. The zero-order chi connectivity index (χ0) is 28.5. The highest BCUT2D eigenvalue weighted by atomic mass is 19.1. The second-order valence-electron chi connectivity index (χ2n) is 10.4. The fourth-order valence-corrected chi connectivity index (χ4v) is 5.41. The van der Waals surface area contributed by atoms with Crippen molar-refractivity contribution in [2.24, 2.45) is 0 Å². The van der Waals surface area contributed by atoms with Gasteiger partial charge in [0, 0.05) is 44.5 Å². The molecule has 6 nitrogen and oxygen atoms in total. The number of anilines is 1. The van der Waals surface area contributed by atoms with E-state index in [-0.39, 0.29) is 11.6 Å². The molecule has 40 heavy (non-hydrogen) atoms. The van der Waals surface area contributed by atoms with Gasteiger partial charge in [-0.2, -0.15) is 0 Å². The van der Waals surface area contributed by atoms with Gasteiger partial charge in [0.15, 0.2) is 11.6 Å². The number of aromatic hydroxyl groups is 1. The van der Waals surface area contributed by atoms with Crippen molar-refractivity contribution in [3.63, 3.8) is 0 Å². The van der Waals surface area contributed by atoms with Crippen LogP contribution < -0.4 is 14.4 Å². The number of ether oxygens (including phenoxy) is 3. The van der Waals surface area contributed by atoms with Crippen molar-refractivity contribution >= 4 is 5.69 Å². The van der Waals surface area contributed by atoms with E-state index in [0.717, 1.165) is 49.4 Å². The van der Waals surface area contributed by atoms with Gasteiger partial charge in [-0.25, -0.2) is 4.39 Å². The van der Waals surface area contributed by atoms with E-state index >= 15 is 4.39 Å². The number of fused-ring (bicyclic) bond motifs is 1. The summed E-state index contributed by atoms with van der Waals surface area (Å²) in [6.45, 7) is 8.76. The van der Waals surface area contributed by atoms with Crippen LogP contribution in [0.2, 0.25) is 0 Å². The van der Waals surface area contributed by atoms with Crippen molar-refractivity contribution in [2.75, 3.05) is 58.5 Å². The van der Waals surface area contributed by atoms with E-state index in [1.165, 1.54) is 16.7 Å². The number of phenolic OH excluding ortho intramolecular Hbond substituents is 1. The van der Waals surface area contributed by atoms with Gasteiger partial charge >= 0.3 is 0 Å². The van der Waals surface area contributed by atoms with Gasteiger partial charge < -0.3 is 29.1 Å². The van der Waals surface area contributed by atoms with Crippen molar-refractivity contribution < 1.29 is 23.7 Å². The molecule has 216 valence electrons. The Morgan fingerprint density at radius 2 is 1.80 bits per heavy atom. The number of methoxy groups -OCH3 is 1. The highest BCUT2D eigenvalue weighted by molar-refractivity contribution is 5.60. The Morgan fingerprint density at radius 1 is 0.975 bits per heavy atom.